The average molecular weight is 314 g/mol. The maximum atomic E-state index is 11.8. The van der Waals surface area contributed by atoms with Crippen molar-refractivity contribution in [1.29, 1.82) is 0 Å². The van der Waals surface area contributed by atoms with Crippen molar-refractivity contribution in [3.63, 3.8) is 0 Å². The van der Waals surface area contributed by atoms with Gasteiger partial charge in [-0.25, -0.2) is 8.42 Å². The number of nitrogens with zero attached hydrogens (tertiary/aromatic N) is 1. The number of thioether (sulfide) groups is 1. The normalized spacial score (nSPS) is 19.5. The van der Waals surface area contributed by atoms with Crippen molar-refractivity contribution in [2.45, 2.75) is 11.7 Å². The molecule has 0 aliphatic carbocycles. The average Bonchev–Trinajstić information content (AvgIpc) is 2.58. The van der Waals surface area contributed by atoms with Gasteiger partial charge in [0, 0.05) is 12.7 Å². The molecule has 1 aliphatic rings. The number of benzene rings is 1. The number of anilines is 1. The summed E-state index contributed by atoms with van der Waals surface area (Å²) in [7, 11) is -1.83. The van der Waals surface area contributed by atoms with Gasteiger partial charge in [-0.2, -0.15) is 0 Å². The zero-order chi connectivity index (χ0) is 14.9. The molecule has 0 saturated carbocycles. The van der Waals surface area contributed by atoms with E-state index in [1.807, 2.05) is 0 Å². The summed E-state index contributed by atoms with van der Waals surface area (Å²) in [4.78, 5) is 24.3. The lowest BCUT2D eigenvalue weighted by molar-refractivity contribution is -0.125. The summed E-state index contributed by atoms with van der Waals surface area (Å²) >= 11 is 1.02. The van der Waals surface area contributed by atoms with Crippen molar-refractivity contribution in [2.75, 3.05) is 18.0 Å². The van der Waals surface area contributed by atoms with E-state index in [9.17, 15) is 18.0 Å². The minimum atomic E-state index is -3.30. The van der Waals surface area contributed by atoms with Crippen LogP contribution < -0.4 is 4.72 Å². The lowest BCUT2D eigenvalue weighted by atomic mass is 10.1. The predicted molar refractivity (Wildman–Crippen MR) is 78.2 cm³/mol. The molecule has 1 aromatic rings. The van der Waals surface area contributed by atoms with Crippen molar-refractivity contribution < 1.29 is 18.0 Å². The van der Waals surface area contributed by atoms with Crippen molar-refractivity contribution in [3.05, 3.63) is 29.8 Å². The number of hydrogen-bond acceptors (Lipinski definition) is 5. The van der Waals surface area contributed by atoms with Gasteiger partial charge in [0.1, 0.15) is 0 Å². The summed E-state index contributed by atoms with van der Waals surface area (Å²) in [6.07, 6.45) is 1.52. The fourth-order valence-corrected chi connectivity index (χ4v) is 3.41. The second-order valence-electron chi connectivity index (χ2n) is 4.54. The Labute approximate surface area is 121 Å². The van der Waals surface area contributed by atoms with E-state index < -0.39 is 15.3 Å². The lowest BCUT2D eigenvalue weighted by Crippen LogP contribution is -2.28. The van der Waals surface area contributed by atoms with Gasteiger partial charge in [-0.1, -0.05) is 23.9 Å². The van der Waals surface area contributed by atoms with Crippen LogP contribution >= 0.6 is 11.8 Å². The number of imide groups is 1. The van der Waals surface area contributed by atoms with E-state index in [2.05, 4.69) is 4.72 Å². The Kier molecular flexibility index (Phi) is 4.05. The van der Waals surface area contributed by atoms with E-state index in [0.717, 1.165) is 28.5 Å². The molecular weight excluding hydrogens is 300 g/mol. The van der Waals surface area contributed by atoms with Crippen LogP contribution in [0.4, 0.5) is 10.5 Å². The molecule has 1 atom stereocenters. The Morgan fingerprint density at radius 2 is 1.85 bits per heavy atom. The number of carbonyl (C=O) groups is 2. The zero-order valence-electron chi connectivity index (χ0n) is 11.0. The molecule has 20 heavy (non-hydrogen) atoms. The van der Waals surface area contributed by atoms with Crippen molar-refractivity contribution in [3.8, 4) is 0 Å². The van der Waals surface area contributed by atoms with Gasteiger partial charge in [0.05, 0.1) is 11.5 Å². The highest BCUT2D eigenvalue weighted by Gasteiger charge is 2.36. The van der Waals surface area contributed by atoms with Crippen LogP contribution in [0.5, 0.6) is 0 Å². The molecule has 0 aromatic heterocycles. The smallest absolute Gasteiger partial charge is 0.284 e. The summed E-state index contributed by atoms with van der Waals surface area (Å²) in [6, 6.07) is 6.74. The first-order chi connectivity index (χ1) is 9.26. The van der Waals surface area contributed by atoms with E-state index in [0.29, 0.717) is 12.1 Å². The standard InChI is InChI=1S/C12H14N2O4S2/c1-14-11(15)10(19-12(14)16)7-8-3-5-9(6-4-8)13-20(2,17)18/h3-6,10,13H,7H2,1-2H3. The molecule has 1 heterocycles. The molecule has 0 radical (unpaired) electrons. The first-order valence-corrected chi connectivity index (χ1v) is 8.58. The van der Waals surface area contributed by atoms with E-state index >= 15 is 0 Å². The van der Waals surface area contributed by atoms with Crippen LogP contribution in [-0.2, 0) is 21.2 Å². The molecular formula is C12H14N2O4S2. The van der Waals surface area contributed by atoms with Crippen LogP contribution in [-0.4, -0.2) is 43.0 Å². The number of rotatable bonds is 4. The summed E-state index contributed by atoms with van der Waals surface area (Å²) in [5.41, 5.74) is 1.34. The molecule has 1 saturated heterocycles. The van der Waals surface area contributed by atoms with Gasteiger partial charge in [0.2, 0.25) is 15.9 Å². The van der Waals surface area contributed by atoms with Gasteiger partial charge in [-0.3, -0.25) is 19.2 Å². The molecule has 8 heteroatoms. The SMILES string of the molecule is CN1C(=O)SC(Cc2ccc(NS(C)(=O)=O)cc2)C1=O. The number of carbonyl (C=O) groups excluding carboxylic acids is 2. The van der Waals surface area contributed by atoms with Gasteiger partial charge in [-0.05, 0) is 24.1 Å². The Bertz CT molecular complexity index is 640. The van der Waals surface area contributed by atoms with Crippen molar-refractivity contribution in [2.24, 2.45) is 0 Å². The van der Waals surface area contributed by atoms with Crippen LogP contribution in [0.3, 0.4) is 0 Å². The number of hydrogen-bond donors (Lipinski definition) is 1. The Hall–Kier alpha value is -1.54. The van der Waals surface area contributed by atoms with Crippen LogP contribution in [0.25, 0.3) is 0 Å². The molecule has 108 valence electrons. The quantitative estimate of drug-likeness (QED) is 0.905. The highest BCUT2D eigenvalue weighted by Crippen LogP contribution is 2.28. The van der Waals surface area contributed by atoms with Crippen molar-refractivity contribution >= 4 is 38.6 Å². The molecule has 0 bridgehead atoms. The van der Waals surface area contributed by atoms with Gasteiger partial charge in [0.15, 0.2) is 0 Å². The molecule has 0 spiro atoms. The molecule has 1 aliphatic heterocycles. The minimum absolute atomic E-state index is 0.196. The van der Waals surface area contributed by atoms with Crippen LogP contribution in [0.1, 0.15) is 5.56 Å². The van der Waals surface area contributed by atoms with E-state index in [4.69, 9.17) is 0 Å². The Morgan fingerprint density at radius 3 is 2.30 bits per heavy atom. The second kappa shape index (κ2) is 5.45. The van der Waals surface area contributed by atoms with Gasteiger partial charge >= 0.3 is 0 Å². The fraction of sp³-hybridized carbons (Fsp3) is 0.333. The minimum Gasteiger partial charge on any atom is -0.284 e. The molecule has 1 unspecified atom stereocenters. The van der Waals surface area contributed by atoms with Gasteiger partial charge < -0.3 is 0 Å². The number of nitrogens with one attached hydrogen (secondary N) is 1. The summed E-state index contributed by atoms with van der Waals surface area (Å²) < 4.78 is 24.5. The zero-order valence-corrected chi connectivity index (χ0v) is 12.6. The highest BCUT2D eigenvalue weighted by molar-refractivity contribution is 8.15. The summed E-state index contributed by atoms with van der Waals surface area (Å²) in [6.45, 7) is 0. The van der Waals surface area contributed by atoms with E-state index in [-0.39, 0.29) is 11.1 Å². The molecule has 1 aromatic carbocycles. The fourth-order valence-electron chi connectivity index (χ4n) is 1.82. The van der Waals surface area contributed by atoms with Crippen LogP contribution in [0.2, 0.25) is 0 Å². The lowest BCUT2D eigenvalue weighted by Gasteiger charge is -2.09. The maximum Gasteiger partial charge on any atom is 0.288 e. The monoisotopic (exact) mass is 314 g/mol. The van der Waals surface area contributed by atoms with Gasteiger partial charge in [-0.15, -0.1) is 0 Å². The topological polar surface area (TPSA) is 83.6 Å². The molecule has 1 N–H and O–H groups in total. The van der Waals surface area contributed by atoms with Gasteiger partial charge in [0.25, 0.3) is 5.24 Å². The Morgan fingerprint density at radius 1 is 1.25 bits per heavy atom. The molecule has 2 rings (SSSR count). The summed E-state index contributed by atoms with van der Waals surface area (Å²) in [5, 5.41) is -0.642. The highest BCUT2D eigenvalue weighted by atomic mass is 32.2. The van der Waals surface area contributed by atoms with Crippen LogP contribution in [0, 0.1) is 0 Å². The third-order valence-corrected chi connectivity index (χ3v) is 4.54. The predicted octanol–water partition coefficient (Wildman–Crippen LogP) is 1.29. The first kappa shape index (κ1) is 14.9. The third kappa shape index (κ3) is 3.51. The first-order valence-electron chi connectivity index (χ1n) is 5.81. The maximum absolute atomic E-state index is 11.8. The third-order valence-electron chi connectivity index (χ3n) is 2.80. The molecule has 1 fully saturated rings. The second-order valence-corrected chi connectivity index (χ2v) is 7.45. The Balaban J connectivity index is 2.05. The van der Waals surface area contributed by atoms with E-state index in [1.165, 1.54) is 7.05 Å². The summed E-state index contributed by atoms with van der Waals surface area (Å²) in [5.74, 6) is -0.196. The molecule has 2 amide bonds. The van der Waals surface area contributed by atoms with Crippen molar-refractivity contribution in [1.82, 2.24) is 4.90 Å². The number of sulfonamides is 1. The largest absolute Gasteiger partial charge is 0.288 e. The van der Waals surface area contributed by atoms with Crippen LogP contribution in [0.15, 0.2) is 24.3 Å². The number of amides is 2. The van der Waals surface area contributed by atoms with E-state index in [1.54, 1.807) is 24.3 Å². The molecule has 6 nitrogen and oxygen atoms in total.